The van der Waals surface area contributed by atoms with Crippen molar-refractivity contribution < 1.29 is 14.6 Å². The van der Waals surface area contributed by atoms with Crippen molar-refractivity contribution in [3.8, 4) is 22.8 Å². The van der Waals surface area contributed by atoms with Gasteiger partial charge in [0.1, 0.15) is 26.0 Å². The van der Waals surface area contributed by atoms with Crippen molar-refractivity contribution in [2.45, 2.75) is 0 Å². The van der Waals surface area contributed by atoms with Crippen LogP contribution in [-0.2, 0) is 0 Å². The fraction of sp³-hybridized carbons (Fsp3) is 0. The maximum atomic E-state index is 12.5. The lowest BCUT2D eigenvalue weighted by Gasteiger charge is -2.09. The average molecular weight is 506 g/mol. The number of hydrogen-bond acceptors (Lipinski definition) is 4. The molecule has 0 atom stereocenters. The summed E-state index contributed by atoms with van der Waals surface area (Å²) in [6.45, 7) is 0. The van der Waals surface area contributed by atoms with Crippen LogP contribution in [-0.4, -0.2) is 10.2 Å². The third-order valence-electron chi connectivity index (χ3n) is 3.06. The number of halogens is 2. The Morgan fingerprint density at radius 2 is 1.67 bits per heavy atom. The number of phenolic OH excluding ortho intramolecular Hbond substituents is 2. The van der Waals surface area contributed by atoms with Gasteiger partial charge in [0, 0.05) is 11.6 Å². The summed E-state index contributed by atoms with van der Waals surface area (Å²) in [5.74, 6) is 0.0505. The molecule has 0 aliphatic carbocycles. The predicted octanol–water partition coefficient (Wildman–Crippen LogP) is 4.08. The Hall–Kier alpha value is -1.29. The third kappa shape index (κ3) is 2.39. The molecule has 0 saturated heterocycles. The normalized spacial score (nSPS) is 11.0. The molecule has 0 radical (unpaired) electrons. The van der Waals surface area contributed by atoms with Crippen molar-refractivity contribution in [1.29, 1.82) is 0 Å². The van der Waals surface area contributed by atoms with Gasteiger partial charge in [0.2, 0.25) is 5.43 Å². The number of aromatic hydroxyl groups is 2. The zero-order valence-electron chi connectivity index (χ0n) is 10.4. The molecule has 0 saturated carbocycles. The lowest BCUT2D eigenvalue weighted by atomic mass is 10.1. The summed E-state index contributed by atoms with van der Waals surface area (Å²) in [7, 11) is 0. The van der Waals surface area contributed by atoms with Crippen LogP contribution in [0.2, 0.25) is 0 Å². The summed E-state index contributed by atoms with van der Waals surface area (Å²) in [5, 5.41) is 19.9. The molecule has 1 heterocycles. The molecule has 3 aromatic rings. The van der Waals surface area contributed by atoms with Gasteiger partial charge in [-0.2, -0.15) is 0 Å². The van der Waals surface area contributed by atoms with Gasteiger partial charge in [-0.05, 0) is 45.2 Å². The van der Waals surface area contributed by atoms with Gasteiger partial charge in [0.05, 0.1) is 3.57 Å². The lowest BCUT2D eigenvalue weighted by Crippen LogP contribution is -2.08. The van der Waals surface area contributed by atoms with Crippen molar-refractivity contribution in [2.24, 2.45) is 0 Å². The van der Waals surface area contributed by atoms with E-state index in [1.54, 1.807) is 22.6 Å². The number of benzene rings is 2. The predicted molar refractivity (Wildman–Crippen MR) is 96.7 cm³/mol. The van der Waals surface area contributed by atoms with Crippen LogP contribution in [0.5, 0.6) is 11.5 Å². The van der Waals surface area contributed by atoms with Gasteiger partial charge >= 0.3 is 0 Å². The van der Waals surface area contributed by atoms with Crippen molar-refractivity contribution in [3.63, 3.8) is 0 Å². The smallest absolute Gasteiger partial charge is 0.210 e. The van der Waals surface area contributed by atoms with Gasteiger partial charge in [-0.3, -0.25) is 4.79 Å². The molecule has 106 valence electrons. The van der Waals surface area contributed by atoms with E-state index in [1.807, 2.05) is 52.9 Å². The fourth-order valence-electron chi connectivity index (χ4n) is 2.05. The van der Waals surface area contributed by atoms with Gasteiger partial charge in [-0.15, -0.1) is 0 Å². The number of rotatable bonds is 1. The first-order valence-electron chi connectivity index (χ1n) is 5.93. The molecule has 0 spiro atoms. The fourth-order valence-corrected chi connectivity index (χ4v) is 3.17. The maximum Gasteiger partial charge on any atom is 0.210 e. The number of phenols is 2. The van der Waals surface area contributed by atoms with E-state index in [4.69, 9.17) is 4.42 Å². The van der Waals surface area contributed by atoms with E-state index in [0.717, 1.165) is 5.56 Å². The van der Waals surface area contributed by atoms with E-state index in [9.17, 15) is 15.0 Å². The maximum absolute atomic E-state index is 12.5. The van der Waals surface area contributed by atoms with Gasteiger partial charge in [-0.1, -0.05) is 30.3 Å². The van der Waals surface area contributed by atoms with Crippen LogP contribution in [0.15, 0.2) is 45.6 Å². The van der Waals surface area contributed by atoms with Gasteiger partial charge in [-0.25, -0.2) is 0 Å². The molecule has 1 aromatic heterocycles. The van der Waals surface area contributed by atoms with Crippen LogP contribution < -0.4 is 5.43 Å². The summed E-state index contributed by atoms with van der Waals surface area (Å²) in [5.41, 5.74) is 0.610. The molecular formula is C15H8I2O4. The molecule has 2 N–H and O–H groups in total. The Morgan fingerprint density at radius 3 is 2.33 bits per heavy atom. The van der Waals surface area contributed by atoms with Crippen LogP contribution in [0.3, 0.4) is 0 Å². The summed E-state index contributed by atoms with van der Waals surface area (Å²) < 4.78 is 6.37. The monoisotopic (exact) mass is 506 g/mol. The highest BCUT2D eigenvalue weighted by Crippen LogP contribution is 2.37. The largest absolute Gasteiger partial charge is 0.507 e. The highest BCUT2D eigenvalue weighted by molar-refractivity contribution is 14.1. The Bertz CT molecular complexity index is 901. The van der Waals surface area contributed by atoms with E-state index in [0.29, 0.717) is 9.33 Å². The highest BCUT2D eigenvalue weighted by Gasteiger charge is 2.19. The van der Waals surface area contributed by atoms with Gasteiger partial charge in [0.15, 0.2) is 5.76 Å². The molecule has 2 aromatic carbocycles. The molecule has 4 nitrogen and oxygen atoms in total. The van der Waals surface area contributed by atoms with Crippen LogP contribution in [0, 0.1) is 7.14 Å². The molecule has 21 heavy (non-hydrogen) atoms. The standard InChI is InChI=1S/C15H8I2O4/c16-11-8(18)6-9-10(13(11)19)14(20)12(17)15(21-9)7-4-2-1-3-5-7/h1-6,18-19H. The highest BCUT2D eigenvalue weighted by atomic mass is 127. The second-order valence-electron chi connectivity index (χ2n) is 4.37. The topological polar surface area (TPSA) is 70.7 Å². The Morgan fingerprint density at radius 1 is 1.00 bits per heavy atom. The van der Waals surface area contributed by atoms with Gasteiger partial charge in [0.25, 0.3) is 0 Å². The van der Waals surface area contributed by atoms with Crippen LogP contribution in [0.25, 0.3) is 22.3 Å². The molecule has 0 amide bonds. The first-order valence-corrected chi connectivity index (χ1v) is 8.08. The minimum atomic E-state index is -0.314. The van der Waals surface area contributed by atoms with Gasteiger partial charge < -0.3 is 14.6 Å². The van der Waals surface area contributed by atoms with E-state index in [1.165, 1.54) is 6.07 Å². The zero-order chi connectivity index (χ0) is 15.1. The van der Waals surface area contributed by atoms with Crippen molar-refractivity contribution in [2.75, 3.05) is 0 Å². The first kappa shape index (κ1) is 14.6. The molecule has 0 fully saturated rings. The Balaban J connectivity index is 2.44. The minimum absolute atomic E-state index is 0.0845. The Labute approximate surface area is 146 Å². The second-order valence-corrected chi connectivity index (χ2v) is 6.53. The molecule has 0 bridgehead atoms. The minimum Gasteiger partial charge on any atom is -0.507 e. The number of fused-ring (bicyclic) bond motifs is 1. The molecule has 6 heteroatoms. The molecule has 0 aliphatic rings. The zero-order valence-corrected chi connectivity index (χ0v) is 14.7. The van der Waals surface area contributed by atoms with E-state index in [-0.39, 0.29) is 31.5 Å². The summed E-state index contributed by atoms with van der Waals surface area (Å²) in [6, 6.07) is 10.6. The quantitative estimate of drug-likeness (QED) is 0.489. The number of hydrogen-bond donors (Lipinski definition) is 2. The summed E-state index contributed by atoms with van der Waals surface area (Å²) >= 11 is 3.69. The van der Waals surface area contributed by atoms with E-state index >= 15 is 0 Å². The first-order chi connectivity index (χ1) is 10.0. The van der Waals surface area contributed by atoms with Crippen molar-refractivity contribution in [1.82, 2.24) is 0 Å². The Kier molecular flexibility index (Phi) is 3.82. The van der Waals surface area contributed by atoms with Crippen molar-refractivity contribution >= 4 is 56.2 Å². The van der Waals surface area contributed by atoms with E-state index < -0.39 is 0 Å². The third-order valence-corrected chi connectivity index (χ3v) is 5.10. The summed E-state index contributed by atoms with van der Waals surface area (Å²) in [4.78, 5) is 12.5. The lowest BCUT2D eigenvalue weighted by molar-refractivity contribution is 0.445. The summed E-state index contributed by atoms with van der Waals surface area (Å²) in [6.07, 6.45) is 0. The molecule has 0 aliphatic heterocycles. The van der Waals surface area contributed by atoms with Crippen LogP contribution in [0.1, 0.15) is 0 Å². The second kappa shape index (κ2) is 5.48. The van der Waals surface area contributed by atoms with Crippen LogP contribution in [0.4, 0.5) is 0 Å². The van der Waals surface area contributed by atoms with Crippen molar-refractivity contribution in [3.05, 3.63) is 53.8 Å². The SMILES string of the molecule is O=c1c(I)c(-c2ccccc2)oc2cc(O)c(I)c(O)c12. The average Bonchev–Trinajstić information content (AvgIpc) is 2.49. The van der Waals surface area contributed by atoms with Crippen LogP contribution >= 0.6 is 45.2 Å². The molecule has 0 unspecified atom stereocenters. The van der Waals surface area contributed by atoms with E-state index in [2.05, 4.69) is 0 Å². The molecular weight excluding hydrogens is 498 g/mol. The molecule has 3 rings (SSSR count).